The van der Waals surface area contributed by atoms with Crippen molar-refractivity contribution in [3.63, 3.8) is 0 Å². The molecule has 4 aromatic rings. The van der Waals surface area contributed by atoms with Crippen LogP contribution in [-0.2, 0) is 0 Å². The summed E-state index contributed by atoms with van der Waals surface area (Å²) in [4.78, 5) is 2.46. The highest BCUT2D eigenvalue weighted by Crippen LogP contribution is 2.50. The van der Waals surface area contributed by atoms with Crippen molar-refractivity contribution in [3.05, 3.63) is 108 Å². The van der Waals surface area contributed by atoms with Gasteiger partial charge in [0.1, 0.15) is 17.6 Å². The second-order valence-corrected chi connectivity index (χ2v) is 8.90. The van der Waals surface area contributed by atoms with Crippen LogP contribution in [0.3, 0.4) is 0 Å². The smallest absolute Gasteiger partial charge is 0.150 e. The Morgan fingerprint density at radius 1 is 0.818 bits per heavy atom. The van der Waals surface area contributed by atoms with Crippen LogP contribution in [0.15, 0.2) is 97.1 Å². The average molecular weight is 434 g/mol. The maximum Gasteiger partial charge on any atom is 0.150 e. The van der Waals surface area contributed by atoms with Crippen molar-refractivity contribution in [2.24, 2.45) is 5.92 Å². The van der Waals surface area contributed by atoms with Crippen molar-refractivity contribution in [1.29, 1.82) is 0 Å². The highest BCUT2D eigenvalue weighted by molar-refractivity contribution is 5.83. The lowest BCUT2D eigenvalue weighted by atomic mass is 9.88. The highest BCUT2D eigenvalue weighted by Gasteiger charge is 2.31. The van der Waals surface area contributed by atoms with Gasteiger partial charge < -0.3 is 14.4 Å². The van der Waals surface area contributed by atoms with Crippen molar-refractivity contribution < 1.29 is 9.47 Å². The molecule has 0 radical (unpaired) electrons. The van der Waals surface area contributed by atoms with E-state index in [2.05, 4.69) is 77.7 Å². The molecule has 0 aromatic heterocycles. The van der Waals surface area contributed by atoms with E-state index in [9.17, 15) is 0 Å². The monoisotopic (exact) mass is 433 g/mol. The van der Waals surface area contributed by atoms with E-state index in [1.807, 2.05) is 24.3 Å². The molecule has 1 heterocycles. The van der Waals surface area contributed by atoms with Gasteiger partial charge >= 0.3 is 0 Å². The minimum absolute atomic E-state index is 0.167. The summed E-state index contributed by atoms with van der Waals surface area (Å²) in [5, 5.41) is 0. The maximum absolute atomic E-state index is 6.62. The van der Waals surface area contributed by atoms with Crippen molar-refractivity contribution >= 4 is 11.4 Å². The minimum Gasteiger partial charge on any atom is -0.496 e. The molecule has 1 aliphatic heterocycles. The molecule has 0 bridgehead atoms. The fourth-order valence-electron chi connectivity index (χ4n) is 4.80. The third-order valence-corrected chi connectivity index (χ3v) is 6.66. The number of hydrogen-bond acceptors (Lipinski definition) is 3. The first kappa shape index (κ1) is 19.9. The summed E-state index contributed by atoms with van der Waals surface area (Å²) in [7, 11) is 1.72. The van der Waals surface area contributed by atoms with Crippen LogP contribution in [0.25, 0.3) is 11.1 Å². The molecule has 1 unspecified atom stereocenters. The average Bonchev–Trinajstić information content (AvgIpc) is 3.71. The van der Waals surface area contributed by atoms with Crippen LogP contribution in [0.5, 0.6) is 11.5 Å². The second-order valence-electron chi connectivity index (χ2n) is 8.90. The second kappa shape index (κ2) is 8.32. The van der Waals surface area contributed by atoms with Crippen molar-refractivity contribution in [2.45, 2.75) is 18.9 Å². The van der Waals surface area contributed by atoms with Crippen LogP contribution >= 0.6 is 0 Å². The Hall–Kier alpha value is -3.72. The van der Waals surface area contributed by atoms with Crippen molar-refractivity contribution in [2.75, 3.05) is 18.6 Å². The van der Waals surface area contributed by atoms with Gasteiger partial charge in [0.05, 0.1) is 12.7 Å². The standard InChI is InChI=1S/C30H27NO2/c1-32-27-13-8-14-28-29(27)25-18-17-24(19-26(25)30(33-28)22-9-4-2-5-10-22)31(20-21-15-16-21)23-11-6-3-7-12-23/h2-14,17-19,21,30H,15-16,20H2,1H3. The number of rotatable bonds is 6. The number of fused-ring (bicyclic) bond motifs is 3. The summed E-state index contributed by atoms with van der Waals surface area (Å²) >= 11 is 0. The Morgan fingerprint density at radius 2 is 1.58 bits per heavy atom. The molecule has 4 aromatic carbocycles. The summed E-state index contributed by atoms with van der Waals surface area (Å²) in [5.74, 6) is 2.47. The number of nitrogens with zero attached hydrogens (tertiary/aromatic N) is 1. The van der Waals surface area contributed by atoms with E-state index in [1.54, 1.807) is 7.11 Å². The van der Waals surface area contributed by atoms with Crippen LogP contribution < -0.4 is 14.4 Å². The lowest BCUT2D eigenvalue weighted by Gasteiger charge is -2.32. The van der Waals surface area contributed by atoms with E-state index in [4.69, 9.17) is 9.47 Å². The molecule has 6 rings (SSSR count). The molecule has 0 spiro atoms. The summed E-state index contributed by atoms with van der Waals surface area (Å²) in [6.07, 6.45) is 2.46. The maximum atomic E-state index is 6.62. The molecule has 0 N–H and O–H groups in total. The van der Waals surface area contributed by atoms with Gasteiger partial charge in [-0.25, -0.2) is 0 Å². The molecule has 3 nitrogen and oxygen atoms in total. The van der Waals surface area contributed by atoms with E-state index in [1.165, 1.54) is 35.3 Å². The van der Waals surface area contributed by atoms with E-state index >= 15 is 0 Å². The first-order valence-electron chi connectivity index (χ1n) is 11.7. The summed E-state index contributed by atoms with van der Waals surface area (Å²) < 4.78 is 12.4. The van der Waals surface area contributed by atoms with Gasteiger partial charge in [0.25, 0.3) is 0 Å². The summed E-state index contributed by atoms with van der Waals surface area (Å²) in [6, 6.07) is 34.0. The zero-order valence-corrected chi connectivity index (χ0v) is 18.8. The van der Waals surface area contributed by atoms with E-state index in [0.29, 0.717) is 0 Å². The Bertz CT molecular complexity index is 1270. The van der Waals surface area contributed by atoms with Crippen LogP contribution in [0.4, 0.5) is 11.4 Å². The first-order chi connectivity index (χ1) is 16.3. The number of methoxy groups -OCH3 is 1. The Balaban J connectivity index is 1.52. The molecule has 0 saturated heterocycles. The van der Waals surface area contributed by atoms with Gasteiger partial charge in [0, 0.05) is 23.5 Å². The molecule has 0 amide bonds. The number of anilines is 2. The number of para-hydroxylation sites is 1. The quantitative estimate of drug-likeness (QED) is 0.316. The molecule has 164 valence electrons. The Morgan fingerprint density at radius 3 is 2.30 bits per heavy atom. The molecule has 2 aliphatic rings. The largest absolute Gasteiger partial charge is 0.496 e. The van der Waals surface area contributed by atoms with Crippen molar-refractivity contribution in [1.82, 2.24) is 0 Å². The number of hydrogen-bond donors (Lipinski definition) is 0. The van der Waals surface area contributed by atoms with Crippen LogP contribution in [0.2, 0.25) is 0 Å². The van der Waals surface area contributed by atoms with Gasteiger partial charge in [-0.1, -0.05) is 60.7 Å². The van der Waals surface area contributed by atoms with Gasteiger partial charge in [0.15, 0.2) is 0 Å². The fourth-order valence-corrected chi connectivity index (χ4v) is 4.80. The third kappa shape index (κ3) is 3.74. The lowest BCUT2D eigenvalue weighted by Crippen LogP contribution is -2.21. The zero-order chi connectivity index (χ0) is 22.2. The van der Waals surface area contributed by atoms with Crippen molar-refractivity contribution in [3.8, 4) is 22.6 Å². The summed E-state index contributed by atoms with van der Waals surface area (Å²) in [5.41, 5.74) is 6.96. The predicted molar refractivity (Wildman–Crippen MR) is 134 cm³/mol. The SMILES string of the molecule is COc1cccc2c1-c1ccc(N(CC3CC3)c3ccccc3)cc1C(c1ccccc1)O2. The third-order valence-electron chi connectivity index (χ3n) is 6.66. The normalized spacial score (nSPS) is 16.3. The Labute approximate surface area is 195 Å². The fraction of sp³-hybridized carbons (Fsp3) is 0.200. The molecule has 1 saturated carbocycles. The van der Waals surface area contributed by atoms with Gasteiger partial charge in [-0.05, 0) is 66.3 Å². The topological polar surface area (TPSA) is 21.7 Å². The molecule has 3 heteroatoms. The first-order valence-corrected chi connectivity index (χ1v) is 11.7. The van der Waals surface area contributed by atoms with Crippen LogP contribution in [0, 0.1) is 5.92 Å². The molecule has 1 aliphatic carbocycles. The van der Waals surface area contributed by atoms with Crippen LogP contribution in [-0.4, -0.2) is 13.7 Å². The molecule has 33 heavy (non-hydrogen) atoms. The molecule has 1 atom stereocenters. The minimum atomic E-state index is -0.167. The van der Waals surface area contributed by atoms with E-state index in [0.717, 1.165) is 35.1 Å². The molecule has 1 fully saturated rings. The summed E-state index contributed by atoms with van der Waals surface area (Å²) in [6.45, 7) is 1.04. The number of ether oxygens (including phenoxy) is 2. The highest BCUT2D eigenvalue weighted by atomic mass is 16.5. The van der Waals surface area contributed by atoms with Gasteiger partial charge in [0.2, 0.25) is 0 Å². The Kier molecular flexibility index (Phi) is 5.03. The number of benzene rings is 4. The van der Waals surface area contributed by atoms with E-state index in [-0.39, 0.29) is 6.10 Å². The van der Waals surface area contributed by atoms with Gasteiger partial charge in [-0.15, -0.1) is 0 Å². The predicted octanol–water partition coefficient (Wildman–Crippen LogP) is 7.39. The molecular formula is C30H27NO2. The van der Waals surface area contributed by atoms with Gasteiger partial charge in [-0.3, -0.25) is 0 Å². The van der Waals surface area contributed by atoms with Crippen LogP contribution in [0.1, 0.15) is 30.1 Å². The van der Waals surface area contributed by atoms with Gasteiger partial charge in [-0.2, -0.15) is 0 Å². The zero-order valence-electron chi connectivity index (χ0n) is 18.8. The molecular weight excluding hydrogens is 406 g/mol. The van der Waals surface area contributed by atoms with E-state index < -0.39 is 0 Å². The lowest BCUT2D eigenvalue weighted by molar-refractivity contribution is 0.242.